The fraction of sp³-hybridized carbons (Fsp3) is 0.708. The molecule has 0 saturated heterocycles. The van der Waals surface area contributed by atoms with Gasteiger partial charge in [0.2, 0.25) is 0 Å². The Hall–Kier alpha value is -1.31. The summed E-state index contributed by atoms with van der Waals surface area (Å²) in [5.41, 5.74) is 0.739. The molecular weight excluding hydrogens is 320 g/mol. The third kappa shape index (κ3) is 15.0. The highest BCUT2D eigenvalue weighted by molar-refractivity contribution is 5.94. The van der Waals surface area contributed by atoms with Gasteiger partial charge in [-0.1, -0.05) is 91.4 Å². The van der Waals surface area contributed by atoms with Crippen LogP contribution in [0.3, 0.4) is 0 Å². The first kappa shape index (κ1) is 24.7. The van der Waals surface area contributed by atoms with Crippen molar-refractivity contribution in [3.8, 4) is 5.75 Å². The van der Waals surface area contributed by atoms with Gasteiger partial charge in [-0.25, -0.2) is 0 Å². The van der Waals surface area contributed by atoms with E-state index in [2.05, 4.69) is 20.8 Å². The summed E-state index contributed by atoms with van der Waals surface area (Å²) in [6.45, 7) is 9.08. The monoisotopic (exact) mass is 362 g/mol. The van der Waals surface area contributed by atoms with E-state index in [9.17, 15) is 4.79 Å². The lowest BCUT2D eigenvalue weighted by Gasteiger charge is -2.06. The van der Waals surface area contributed by atoms with Crippen LogP contribution in [0.4, 0.5) is 0 Å². The molecule has 0 aliphatic rings. The van der Waals surface area contributed by atoms with Crippen LogP contribution in [0.1, 0.15) is 115 Å². The van der Waals surface area contributed by atoms with Gasteiger partial charge in [0.15, 0.2) is 5.78 Å². The second-order valence-corrected chi connectivity index (χ2v) is 7.11. The van der Waals surface area contributed by atoms with E-state index in [4.69, 9.17) is 4.74 Å². The zero-order valence-corrected chi connectivity index (χ0v) is 17.8. The average Bonchev–Trinajstić information content (AvgIpc) is 2.65. The number of hydrogen-bond donors (Lipinski definition) is 0. The molecule has 0 bridgehead atoms. The molecule has 1 rings (SSSR count). The maximum atomic E-state index is 11.1. The standard InChI is InChI=1S/C17H26O2.C7H16/c1-3-4-5-6-7-8-9-14-19-17-12-10-16(11-13-17)15(2)18;1-3-5-7-6-4-2/h10-13H,3-9,14H2,1-2H3;3-7H2,1-2H3. The van der Waals surface area contributed by atoms with Gasteiger partial charge in [0, 0.05) is 5.56 Å². The zero-order valence-electron chi connectivity index (χ0n) is 17.8. The summed E-state index contributed by atoms with van der Waals surface area (Å²) < 4.78 is 5.66. The van der Waals surface area contributed by atoms with E-state index in [1.165, 1.54) is 70.6 Å². The zero-order chi connectivity index (χ0) is 19.5. The molecule has 0 saturated carbocycles. The Labute approximate surface area is 162 Å². The molecule has 0 radical (unpaired) electrons. The second-order valence-electron chi connectivity index (χ2n) is 7.11. The number of carbonyl (C=O) groups is 1. The van der Waals surface area contributed by atoms with Crippen molar-refractivity contribution in [2.75, 3.05) is 6.61 Å². The van der Waals surface area contributed by atoms with E-state index in [1.807, 2.05) is 24.3 Å². The maximum Gasteiger partial charge on any atom is 0.159 e. The highest BCUT2D eigenvalue weighted by Gasteiger charge is 1.99. The van der Waals surface area contributed by atoms with Gasteiger partial charge in [0.25, 0.3) is 0 Å². The predicted molar refractivity (Wildman–Crippen MR) is 114 cm³/mol. The third-order valence-corrected chi connectivity index (χ3v) is 4.48. The van der Waals surface area contributed by atoms with Crippen LogP contribution < -0.4 is 4.74 Å². The minimum atomic E-state index is 0.0960. The van der Waals surface area contributed by atoms with E-state index < -0.39 is 0 Å². The molecule has 0 heterocycles. The Bertz CT molecular complexity index is 418. The predicted octanol–water partition coefficient (Wildman–Crippen LogP) is 8.00. The van der Waals surface area contributed by atoms with Crippen molar-refractivity contribution in [1.82, 2.24) is 0 Å². The summed E-state index contributed by atoms with van der Waals surface area (Å²) in [5, 5.41) is 0. The van der Waals surface area contributed by atoms with Gasteiger partial charge in [-0.2, -0.15) is 0 Å². The van der Waals surface area contributed by atoms with Crippen molar-refractivity contribution in [2.45, 2.75) is 105 Å². The van der Waals surface area contributed by atoms with Crippen LogP contribution in [-0.4, -0.2) is 12.4 Å². The highest BCUT2D eigenvalue weighted by atomic mass is 16.5. The summed E-state index contributed by atoms with van der Waals surface area (Å²) in [6.07, 6.45) is 16.1. The van der Waals surface area contributed by atoms with Crippen molar-refractivity contribution in [1.29, 1.82) is 0 Å². The molecule has 2 heteroatoms. The molecule has 0 amide bonds. The number of hydrogen-bond acceptors (Lipinski definition) is 2. The van der Waals surface area contributed by atoms with Gasteiger partial charge in [0.05, 0.1) is 6.61 Å². The first-order chi connectivity index (χ1) is 12.7. The van der Waals surface area contributed by atoms with Crippen LogP contribution in [-0.2, 0) is 0 Å². The van der Waals surface area contributed by atoms with Gasteiger partial charge in [-0.3, -0.25) is 4.79 Å². The van der Waals surface area contributed by atoms with Gasteiger partial charge in [-0.15, -0.1) is 0 Å². The van der Waals surface area contributed by atoms with E-state index in [0.717, 1.165) is 24.3 Å². The van der Waals surface area contributed by atoms with Gasteiger partial charge < -0.3 is 4.74 Å². The molecule has 0 fully saturated rings. The quantitative estimate of drug-likeness (QED) is 0.247. The summed E-state index contributed by atoms with van der Waals surface area (Å²) >= 11 is 0. The summed E-state index contributed by atoms with van der Waals surface area (Å²) in [6, 6.07) is 7.39. The highest BCUT2D eigenvalue weighted by Crippen LogP contribution is 2.13. The van der Waals surface area contributed by atoms with E-state index in [0.29, 0.717) is 0 Å². The number of carbonyl (C=O) groups excluding carboxylic acids is 1. The van der Waals surface area contributed by atoms with Crippen molar-refractivity contribution in [3.05, 3.63) is 29.8 Å². The lowest BCUT2D eigenvalue weighted by molar-refractivity contribution is 0.101. The molecule has 0 spiro atoms. The Morgan fingerprint density at radius 1 is 0.692 bits per heavy atom. The fourth-order valence-electron chi connectivity index (χ4n) is 2.71. The van der Waals surface area contributed by atoms with E-state index >= 15 is 0 Å². The number of Topliss-reactive ketones (excluding diaryl/α,β-unsaturated/α-hetero) is 1. The SMILES string of the molecule is CCCCCCC.CCCCCCCCCOc1ccc(C(C)=O)cc1. The molecule has 0 atom stereocenters. The number of ketones is 1. The molecule has 0 unspecified atom stereocenters. The molecule has 2 nitrogen and oxygen atoms in total. The summed E-state index contributed by atoms with van der Waals surface area (Å²) in [7, 11) is 0. The number of rotatable bonds is 14. The van der Waals surface area contributed by atoms with Crippen molar-refractivity contribution < 1.29 is 9.53 Å². The largest absolute Gasteiger partial charge is 0.494 e. The van der Waals surface area contributed by atoms with E-state index in [-0.39, 0.29) is 5.78 Å². The normalized spacial score (nSPS) is 10.2. The minimum Gasteiger partial charge on any atom is -0.494 e. The molecule has 0 aliphatic carbocycles. The Morgan fingerprint density at radius 3 is 1.58 bits per heavy atom. The number of benzene rings is 1. The fourth-order valence-corrected chi connectivity index (χ4v) is 2.71. The van der Waals surface area contributed by atoms with Crippen LogP contribution in [0, 0.1) is 0 Å². The van der Waals surface area contributed by atoms with Gasteiger partial charge in [-0.05, 0) is 37.6 Å². The topological polar surface area (TPSA) is 26.3 Å². The molecule has 0 N–H and O–H groups in total. The molecule has 150 valence electrons. The first-order valence-corrected chi connectivity index (χ1v) is 10.9. The molecule has 0 aromatic heterocycles. The van der Waals surface area contributed by atoms with Crippen LogP contribution in [0.15, 0.2) is 24.3 Å². The lowest BCUT2D eigenvalue weighted by Crippen LogP contribution is -1.98. The molecule has 0 aliphatic heterocycles. The Kier molecular flexibility index (Phi) is 17.5. The second kappa shape index (κ2) is 18.5. The van der Waals surface area contributed by atoms with Crippen LogP contribution in [0.5, 0.6) is 5.75 Å². The van der Waals surface area contributed by atoms with Gasteiger partial charge >= 0.3 is 0 Å². The lowest BCUT2D eigenvalue weighted by atomic mass is 10.1. The maximum absolute atomic E-state index is 11.1. The van der Waals surface area contributed by atoms with E-state index in [1.54, 1.807) is 6.92 Å². The molecule has 26 heavy (non-hydrogen) atoms. The number of unbranched alkanes of at least 4 members (excludes halogenated alkanes) is 10. The van der Waals surface area contributed by atoms with Crippen molar-refractivity contribution in [2.24, 2.45) is 0 Å². The van der Waals surface area contributed by atoms with Crippen LogP contribution >= 0.6 is 0 Å². The van der Waals surface area contributed by atoms with Crippen LogP contribution in [0.2, 0.25) is 0 Å². The first-order valence-electron chi connectivity index (χ1n) is 10.9. The summed E-state index contributed by atoms with van der Waals surface area (Å²) in [5.74, 6) is 0.953. The van der Waals surface area contributed by atoms with Crippen molar-refractivity contribution >= 4 is 5.78 Å². The Morgan fingerprint density at radius 2 is 1.12 bits per heavy atom. The smallest absolute Gasteiger partial charge is 0.159 e. The molecule has 1 aromatic rings. The number of ether oxygens (including phenoxy) is 1. The minimum absolute atomic E-state index is 0.0960. The average molecular weight is 363 g/mol. The third-order valence-electron chi connectivity index (χ3n) is 4.48. The molecular formula is C24H42O2. The molecule has 1 aromatic carbocycles. The summed E-state index contributed by atoms with van der Waals surface area (Å²) in [4.78, 5) is 11.1. The van der Waals surface area contributed by atoms with Crippen molar-refractivity contribution in [3.63, 3.8) is 0 Å². The van der Waals surface area contributed by atoms with Crippen LogP contribution in [0.25, 0.3) is 0 Å². The Balaban J connectivity index is 0.000000758. The van der Waals surface area contributed by atoms with Gasteiger partial charge in [0.1, 0.15) is 5.75 Å².